The summed E-state index contributed by atoms with van der Waals surface area (Å²) in [7, 11) is 0. The van der Waals surface area contributed by atoms with Gasteiger partial charge in [-0.25, -0.2) is 0 Å². The van der Waals surface area contributed by atoms with E-state index in [4.69, 9.17) is 11.6 Å². The lowest BCUT2D eigenvalue weighted by molar-refractivity contribution is -0.110. The van der Waals surface area contributed by atoms with Crippen LogP contribution in [-0.4, -0.2) is 16.7 Å². The predicted molar refractivity (Wildman–Crippen MR) is 95.0 cm³/mol. The van der Waals surface area contributed by atoms with Gasteiger partial charge in [-0.15, -0.1) is 11.6 Å². The summed E-state index contributed by atoms with van der Waals surface area (Å²) < 4.78 is 0. The van der Waals surface area contributed by atoms with Gasteiger partial charge < -0.3 is 5.32 Å². The Morgan fingerprint density at radius 3 is 2.71 bits per heavy atom. The van der Waals surface area contributed by atoms with Gasteiger partial charge in [0.15, 0.2) is 5.78 Å². The van der Waals surface area contributed by atoms with Gasteiger partial charge in [0.1, 0.15) is 0 Å². The molecule has 0 spiro atoms. The molecule has 1 atom stereocenters. The Morgan fingerprint density at radius 2 is 2.04 bits per heavy atom. The zero-order valence-corrected chi connectivity index (χ0v) is 14.2. The summed E-state index contributed by atoms with van der Waals surface area (Å²) in [5.74, 6) is -0.349. The van der Waals surface area contributed by atoms with Gasteiger partial charge in [0.05, 0.1) is 11.0 Å². The third kappa shape index (κ3) is 2.97. The highest BCUT2D eigenvalue weighted by atomic mass is 35.5. The van der Waals surface area contributed by atoms with Crippen LogP contribution in [0.2, 0.25) is 0 Å². The van der Waals surface area contributed by atoms with Crippen LogP contribution in [0.15, 0.2) is 48.8 Å². The molecule has 1 unspecified atom stereocenters. The van der Waals surface area contributed by atoms with Crippen LogP contribution >= 0.6 is 11.6 Å². The van der Waals surface area contributed by atoms with Crippen LogP contribution in [0.4, 0.5) is 5.69 Å². The number of alkyl halides is 1. The Balaban J connectivity index is 2.08. The van der Waals surface area contributed by atoms with Gasteiger partial charge >= 0.3 is 0 Å². The molecule has 2 heterocycles. The topological polar surface area (TPSA) is 59.1 Å². The summed E-state index contributed by atoms with van der Waals surface area (Å²) in [4.78, 5) is 28.7. The number of hydrogen-bond acceptors (Lipinski definition) is 3. The Kier molecular flexibility index (Phi) is 4.49. The number of amides is 1. The van der Waals surface area contributed by atoms with E-state index in [1.807, 2.05) is 32.0 Å². The van der Waals surface area contributed by atoms with Crippen molar-refractivity contribution in [1.82, 2.24) is 4.98 Å². The van der Waals surface area contributed by atoms with E-state index in [0.29, 0.717) is 22.4 Å². The van der Waals surface area contributed by atoms with E-state index in [2.05, 4.69) is 10.3 Å². The Morgan fingerprint density at radius 1 is 1.25 bits per heavy atom. The first kappa shape index (κ1) is 16.4. The summed E-state index contributed by atoms with van der Waals surface area (Å²) in [5, 5.41) is 2.56. The zero-order valence-electron chi connectivity index (χ0n) is 13.4. The first-order valence-electron chi connectivity index (χ1n) is 7.73. The number of allylic oxidation sites excluding steroid dienone is 1. The number of ketones is 1. The van der Waals surface area contributed by atoms with Crippen molar-refractivity contribution in [1.29, 1.82) is 0 Å². The van der Waals surface area contributed by atoms with Gasteiger partial charge in [-0.3, -0.25) is 14.6 Å². The van der Waals surface area contributed by atoms with Crippen molar-refractivity contribution in [2.45, 2.75) is 19.2 Å². The van der Waals surface area contributed by atoms with E-state index in [9.17, 15) is 9.59 Å². The molecule has 1 aromatic heterocycles. The van der Waals surface area contributed by atoms with Gasteiger partial charge in [-0.1, -0.05) is 26.0 Å². The number of nitrogens with one attached hydrogen (secondary N) is 1. The molecule has 0 radical (unpaired) electrons. The summed E-state index contributed by atoms with van der Waals surface area (Å²) in [6.45, 7) is 4.04. The molecule has 3 rings (SSSR count). The average molecular weight is 341 g/mol. The quantitative estimate of drug-likeness (QED) is 0.514. The number of benzene rings is 1. The second-order valence-electron chi connectivity index (χ2n) is 6.03. The maximum atomic E-state index is 12.4. The third-order valence-corrected chi connectivity index (χ3v) is 4.70. The fraction of sp³-hybridized carbons (Fsp3) is 0.211. The van der Waals surface area contributed by atoms with Crippen LogP contribution < -0.4 is 5.32 Å². The number of aromatic nitrogens is 1. The smallest absolute Gasteiger partial charge is 0.256 e. The summed E-state index contributed by atoms with van der Waals surface area (Å²) in [6.07, 6.45) is 4.45. The van der Waals surface area contributed by atoms with Gasteiger partial charge in [0, 0.05) is 29.2 Å². The van der Waals surface area contributed by atoms with Gasteiger partial charge in [-0.2, -0.15) is 0 Å². The van der Waals surface area contributed by atoms with Crippen molar-refractivity contribution in [3.05, 3.63) is 65.5 Å². The lowest BCUT2D eigenvalue weighted by Gasteiger charge is -2.17. The fourth-order valence-corrected chi connectivity index (χ4v) is 2.91. The number of carbonyl (C=O) groups excluding carboxylic acids is 2. The largest absolute Gasteiger partial charge is 0.321 e. The minimum Gasteiger partial charge on any atom is -0.321 e. The number of halogens is 1. The van der Waals surface area contributed by atoms with Crippen molar-refractivity contribution < 1.29 is 9.59 Å². The van der Waals surface area contributed by atoms with E-state index in [0.717, 1.165) is 5.56 Å². The fourth-order valence-electron chi connectivity index (χ4n) is 2.73. The Labute approximate surface area is 145 Å². The van der Waals surface area contributed by atoms with Gasteiger partial charge in [0.25, 0.3) is 5.91 Å². The molecule has 24 heavy (non-hydrogen) atoms. The summed E-state index contributed by atoms with van der Waals surface area (Å²) in [5.41, 5.74) is 3.05. The minimum absolute atomic E-state index is 0.198. The van der Waals surface area contributed by atoms with Crippen LogP contribution in [0.3, 0.4) is 0 Å². The van der Waals surface area contributed by atoms with Gasteiger partial charge in [-0.05, 0) is 35.8 Å². The van der Waals surface area contributed by atoms with E-state index < -0.39 is 0 Å². The number of pyridine rings is 1. The molecule has 1 N–H and O–H groups in total. The van der Waals surface area contributed by atoms with E-state index in [1.165, 1.54) is 12.3 Å². The highest BCUT2D eigenvalue weighted by molar-refractivity contribution is 6.36. The first-order valence-corrected chi connectivity index (χ1v) is 8.17. The standard InChI is InChI=1S/C19H17ClN2O2/c1-11(2)18(20)13-6-3-7-15-17(13)14(19(24)22-15)9-16(23)12-5-4-8-21-10-12/h3-11,18H,1-2H3,(H,22,24)/b14-9+. The van der Waals surface area contributed by atoms with Crippen LogP contribution in [0, 0.1) is 5.92 Å². The van der Waals surface area contributed by atoms with Crippen LogP contribution in [0.5, 0.6) is 0 Å². The molecule has 1 amide bonds. The zero-order chi connectivity index (χ0) is 17.3. The second-order valence-corrected chi connectivity index (χ2v) is 6.50. The van der Waals surface area contributed by atoms with E-state index in [1.54, 1.807) is 18.3 Å². The number of rotatable bonds is 4. The average Bonchev–Trinajstić information content (AvgIpc) is 2.90. The SMILES string of the molecule is CC(C)C(Cl)c1cccc2c1/C(=C\C(=O)c1cccnc1)C(=O)N2. The highest BCUT2D eigenvalue weighted by Crippen LogP contribution is 2.41. The minimum atomic E-state index is -0.290. The monoisotopic (exact) mass is 340 g/mol. The molecular weight excluding hydrogens is 324 g/mol. The first-order chi connectivity index (χ1) is 11.5. The molecule has 0 saturated carbocycles. The molecule has 0 saturated heterocycles. The molecule has 1 aliphatic heterocycles. The van der Waals surface area contributed by atoms with Crippen molar-refractivity contribution in [2.24, 2.45) is 5.92 Å². The molecule has 0 aliphatic carbocycles. The Bertz CT molecular complexity index is 829. The van der Waals surface area contributed by atoms with Crippen molar-refractivity contribution >= 4 is 34.6 Å². The van der Waals surface area contributed by atoms with E-state index in [-0.39, 0.29) is 23.0 Å². The molecule has 122 valence electrons. The molecule has 1 aromatic carbocycles. The van der Waals surface area contributed by atoms with Crippen LogP contribution in [0.1, 0.15) is 40.7 Å². The van der Waals surface area contributed by atoms with Gasteiger partial charge in [0.2, 0.25) is 0 Å². The predicted octanol–water partition coefficient (Wildman–Crippen LogP) is 4.24. The maximum absolute atomic E-state index is 12.4. The molecule has 2 aromatic rings. The normalized spacial score (nSPS) is 16.2. The molecule has 0 fully saturated rings. The number of carbonyl (C=O) groups is 2. The summed E-state index contributed by atoms with van der Waals surface area (Å²) >= 11 is 6.53. The maximum Gasteiger partial charge on any atom is 0.256 e. The molecule has 0 bridgehead atoms. The van der Waals surface area contributed by atoms with Crippen LogP contribution in [0.25, 0.3) is 5.57 Å². The second kappa shape index (κ2) is 6.57. The van der Waals surface area contributed by atoms with E-state index >= 15 is 0 Å². The lowest BCUT2D eigenvalue weighted by Crippen LogP contribution is -2.07. The number of nitrogens with zero attached hydrogens (tertiary/aromatic N) is 1. The number of anilines is 1. The molecular formula is C19H17ClN2O2. The van der Waals surface area contributed by atoms with Crippen molar-refractivity contribution in [3.63, 3.8) is 0 Å². The van der Waals surface area contributed by atoms with Crippen molar-refractivity contribution in [3.8, 4) is 0 Å². The van der Waals surface area contributed by atoms with Crippen molar-refractivity contribution in [2.75, 3.05) is 5.32 Å². The Hall–Kier alpha value is -2.46. The molecule has 5 heteroatoms. The summed E-state index contributed by atoms with van der Waals surface area (Å²) in [6, 6.07) is 8.94. The lowest BCUT2D eigenvalue weighted by atomic mass is 9.92. The molecule has 1 aliphatic rings. The van der Waals surface area contributed by atoms with Crippen LogP contribution in [-0.2, 0) is 4.79 Å². The highest BCUT2D eigenvalue weighted by Gasteiger charge is 2.30. The molecule has 4 nitrogen and oxygen atoms in total. The third-order valence-electron chi connectivity index (χ3n) is 3.96. The number of hydrogen-bond donors (Lipinski definition) is 1. The number of fused-ring (bicyclic) bond motifs is 1.